The molecule has 0 fully saturated rings. The van der Waals surface area contributed by atoms with Crippen molar-refractivity contribution in [1.29, 1.82) is 0 Å². The van der Waals surface area contributed by atoms with Gasteiger partial charge >= 0.3 is 0 Å². The van der Waals surface area contributed by atoms with Crippen molar-refractivity contribution >= 4 is 17.9 Å². The number of ether oxygens (including phenoxy) is 1. The van der Waals surface area contributed by atoms with Crippen molar-refractivity contribution in [2.75, 3.05) is 12.4 Å². The van der Waals surface area contributed by atoms with E-state index in [1.807, 2.05) is 0 Å². The van der Waals surface area contributed by atoms with E-state index in [4.69, 9.17) is 11.2 Å². The van der Waals surface area contributed by atoms with E-state index in [2.05, 4.69) is 17.8 Å². The minimum Gasteiger partial charge on any atom is -0.496 e. The topological polar surface area (TPSA) is 55.4 Å². The van der Waals surface area contributed by atoms with Gasteiger partial charge in [-0.3, -0.25) is 9.59 Å². The summed E-state index contributed by atoms with van der Waals surface area (Å²) in [6, 6.07) is 2.98. The fourth-order valence-electron chi connectivity index (χ4n) is 1.27. The lowest BCUT2D eigenvalue weighted by atomic mass is 10.1. The fourth-order valence-corrected chi connectivity index (χ4v) is 1.27. The lowest BCUT2D eigenvalue weighted by molar-refractivity contribution is -0.111. The minimum atomic E-state index is -0.387. The highest BCUT2D eigenvalue weighted by atomic mass is 16.5. The number of aldehydes is 1. The largest absolute Gasteiger partial charge is 0.496 e. The first-order valence-corrected chi connectivity index (χ1v) is 4.73. The van der Waals surface area contributed by atoms with Crippen molar-refractivity contribution in [2.24, 2.45) is 0 Å². The summed E-state index contributed by atoms with van der Waals surface area (Å²) < 4.78 is 5.01. The van der Waals surface area contributed by atoms with Gasteiger partial charge in [-0.25, -0.2) is 0 Å². The van der Waals surface area contributed by atoms with Crippen LogP contribution < -0.4 is 10.1 Å². The monoisotopic (exact) mass is 229 g/mol. The number of terminal acetylenes is 1. The zero-order valence-corrected chi connectivity index (χ0v) is 9.32. The van der Waals surface area contributed by atoms with Gasteiger partial charge in [0.2, 0.25) is 5.91 Å². The third-order valence-corrected chi connectivity index (χ3v) is 2.10. The Kier molecular flexibility index (Phi) is 4.07. The second-order valence-electron chi connectivity index (χ2n) is 3.10. The SMILES string of the molecule is C#Cc1cc(C=O)c(OC)cc1NC(=O)C=C. The summed E-state index contributed by atoms with van der Waals surface area (Å²) in [5.74, 6) is 2.35. The molecule has 0 spiro atoms. The molecule has 1 rings (SSSR count). The quantitative estimate of drug-likeness (QED) is 0.485. The van der Waals surface area contributed by atoms with Crippen LogP contribution in [0.2, 0.25) is 0 Å². The Bertz CT molecular complexity index is 512. The Balaban J connectivity index is 3.29. The number of nitrogens with one attached hydrogen (secondary N) is 1. The van der Waals surface area contributed by atoms with Crippen molar-refractivity contribution in [2.45, 2.75) is 0 Å². The van der Waals surface area contributed by atoms with Crippen LogP contribution in [0.15, 0.2) is 24.8 Å². The van der Waals surface area contributed by atoms with E-state index in [1.165, 1.54) is 19.2 Å². The average Bonchev–Trinajstić information content (AvgIpc) is 2.37. The van der Waals surface area contributed by atoms with E-state index in [0.717, 1.165) is 6.08 Å². The summed E-state index contributed by atoms with van der Waals surface area (Å²) in [6.45, 7) is 3.34. The van der Waals surface area contributed by atoms with Crippen molar-refractivity contribution in [3.63, 3.8) is 0 Å². The van der Waals surface area contributed by atoms with Crippen molar-refractivity contribution in [1.82, 2.24) is 0 Å². The van der Waals surface area contributed by atoms with Gasteiger partial charge in [0.05, 0.1) is 18.4 Å². The third kappa shape index (κ3) is 2.73. The number of hydrogen-bond donors (Lipinski definition) is 1. The maximum atomic E-state index is 11.2. The third-order valence-electron chi connectivity index (χ3n) is 2.10. The Labute approximate surface area is 99.3 Å². The van der Waals surface area contributed by atoms with E-state index in [1.54, 1.807) is 0 Å². The van der Waals surface area contributed by atoms with Crippen LogP contribution in [0.1, 0.15) is 15.9 Å². The minimum absolute atomic E-state index is 0.331. The normalized spacial score (nSPS) is 8.94. The molecule has 1 N–H and O–H groups in total. The zero-order valence-electron chi connectivity index (χ0n) is 9.32. The summed E-state index contributed by atoms with van der Waals surface area (Å²) in [5, 5.41) is 2.54. The summed E-state index contributed by atoms with van der Waals surface area (Å²) in [5.41, 5.74) is 1.14. The van der Waals surface area contributed by atoms with E-state index in [-0.39, 0.29) is 5.91 Å². The second kappa shape index (κ2) is 5.52. The van der Waals surface area contributed by atoms with Crippen LogP contribution >= 0.6 is 0 Å². The summed E-state index contributed by atoms with van der Waals surface area (Å²) in [6.07, 6.45) is 7.06. The molecule has 0 aliphatic rings. The van der Waals surface area contributed by atoms with Gasteiger partial charge in [-0.1, -0.05) is 12.5 Å². The molecule has 0 saturated heterocycles. The summed E-state index contributed by atoms with van der Waals surface area (Å²) >= 11 is 0. The molecule has 0 aliphatic heterocycles. The number of anilines is 1. The molecule has 0 unspecified atom stereocenters. The molecule has 1 aromatic rings. The number of methoxy groups -OCH3 is 1. The predicted octanol–water partition coefficient (Wildman–Crippen LogP) is 1.61. The maximum absolute atomic E-state index is 11.2. The van der Waals surface area contributed by atoms with Crippen LogP contribution in [0.25, 0.3) is 0 Å². The van der Waals surface area contributed by atoms with Gasteiger partial charge in [0.15, 0.2) is 6.29 Å². The molecule has 1 aromatic carbocycles. The molecule has 0 aliphatic carbocycles. The molecule has 86 valence electrons. The lowest BCUT2D eigenvalue weighted by Crippen LogP contribution is -2.09. The molecule has 0 bridgehead atoms. The standard InChI is InChI=1S/C13H11NO3/c1-4-9-6-10(8-15)12(17-3)7-11(9)14-13(16)5-2/h1,5-8H,2H2,3H3,(H,14,16). The van der Waals surface area contributed by atoms with Crippen LogP contribution in [-0.2, 0) is 4.79 Å². The second-order valence-corrected chi connectivity index (χ2v) is 3.10. The molecule has 1 amide bonds. The van der Waals surface area contributed by atoms with Gasteiger partial charge in [-0.2, -0.15) is 0 Å². The highest BCUT2D eigenvalue weighted by Crippen LogP contribution is 2.25. The lowest BCUT2D eigenvalue weighted by Gasteiger charge is -2.10. The first-order chi connectivity index (χ1) is 8.15. The summed E-state index contributed by atoms with van der Waals surface area (Å²) in [7, 11) is 1.43. The van der Waals surface area contributed by atoms with Gasteiger partial charge in [-0.05, 0) is 12.1 Å². The van der Waals surface area contributed by atoms with E-state index >= 15 is 0 Å². The van der Waals surface area contributed by atoms with Gasteiger partial charge < -0.3 is 10.1 Å². The first kappa shape index (κ1) is 12.5. The van der Waals surface area contributed by atoms with Gasteiger partial charge in [0.25, 0.3) is 0 Å². The van der Waals surface area contributed by atoms with Crippen LogP contribution in [0.5, 0.6) is 5.75 Å². The van der Waals surface area contributed by atoms with E-state index < -0.39 is 0 Å². The molecule has 17 heavy (non-hydrogen) atoms. The smallest absolute Gasteiger partial charge is 0.247 e. The Morgan fingerprint density at radius 3 is 2.76 bits per heavy atom. The van der Waals surface area contributed by atoms with Crippen LogP contribution in [0, 0.1) is 12.3 Å². The molecule has 4 nitrogen and oxygen atoms in total. The van der Waals surface area contributed by atoms with Crippen LogP contribution in [0.3, 0.4) is 0 Å². The first-order valence-electron chi connectivity index (χ1n) is 4.73. The highest BCUT2D eigenvalue weighted by molar-refractivity contribution is 6.00. The van der Waals surface area contributed by atoms with Crippen molar-refractivity contribution in [3.8, 4) is 18.1 Å². The van der Waals surface area contributed by atoms with E-state index in [0.29, 0.717) is 28.8 Å². The molecule has 0 saturated carbocycles. The maximum Gasteiger partial charge on any atom is 0.247 e. The number of carbonyl (C=O) groups is 2. The number of amides is 1. The molecule has 0 radical (unpaired) electrons. The highest BCUT2D eigenvalue weighted by Gasteiger charge is 2.10. The average molecular weight is 229 g/mol. The summed E-state index contributed by atoms with van der Waals surface area (Å²) in [4.78, 5) is 22.0. The predicted molar refractivity (Wildman–Crippen MR) is 65.1 cm³/mol. The Hall–Kier alpha value is -2.54. The Morgan fingerprint density at radius 1 is 1.59 bits per heavy atom. The number of benzene rings is 1. The van der Waals surface area contributed by atoms with Crippen molar-refractivity contribution in [3.05, 3.63) is 35.9 Å². The molecule has 4 heteroatoms. The van der Waals surface area contributed by atoms with Gasteiger partial charge in [0, 0.05) is 11.6 Å². The van der Waals surface area contributed by atoms with Crippen molar-refractivity contribution < 1.29 is 14.3 Å². The molecular weight excluding hydrogens is 218 g/mol. The molecule has 0 aromatic heterocycles. The zero-order chi connectivity index (χ0) is 12.8. The van der Waals surface area contributed by atoms with E-state index in [9.17, 15) is 9.59 Å². The molecular formula is C13H11NO3. The van der Waals surface area contributed by atoms with Gasteiger partial charge in [-0.15, -0.1) is 6.42 Å². The van der Waals surface area contributed by atoms with Crippen LogP contribution in [0.4, 0.5) is 5.69 Å². The fraction of sp³-hybridized carbons (Fsp3) is 0.0769. The molecule has 0 heterocycles. The number of carbonyl (C=O) groups excluding carboxylic acids is 2. The number of rotatable bonds is 4. The van der Waals surface area contributed by atoms with Crippen LogP contribution in [-0.4, -0.2) is 19.3 Å². The Morgan fingerprint density at radius 2 is 2.29 bits per heavy atom. The number of hydrogen-bond acceptors (Lipinski definition) is 3. The molecule has 0 atom stereocenters. The van der Waals surface area contributed by atoms with Gasteiger partial charge in [0.1, 0.15) is 5.75 Å².